The Morgan fingerprint density at radius 1 is 1.44 bits per heavy atom. The molecule has 9 heavy (non-hydrogen) atoms. The van der Waals surface area contributed by atoms with Crippen molar-refractivity contribution < 1.29 is 32.7 Å². The Balaban J connectivity index is 0.000000640. The van der Waals surface area contributed by atoms with Crippen molar-refractivity contribution in [1.82, 2.24) is 9.97 Å². The van der Waals surface area contributed by atoms with Gasteiger partial charge >= 0.3 is 0 Å². The molecule has 0 amide bonds. The fourth-order valence-electron chi connectivity index (χ4n) is 0.281. The molecule has 0 bridgehead atoms. The van der Waals surface area contributed by atoms with E-state index in [-0.39, 0.29) is 43.1 Å². The molecule has 0 aliphatic carbocycles. The minimum Gasteiger partial charge on any atom is -0.413 e. The molecule has 0 N–H and O–H groups in total. The Bertz CT molecular complexity index is 176. The van der Waals surface area contributed by atoms with E-state index in [1.807, 2.05) is 0 Å². The first-order valence-corrected chi connectivity index (χ1v) is 2.60. The van der Waals surface area contributed by atoms with Gasteiger partial charge in [-0.3, -0.25) is 4.98 Å². The van der Waals surface area contributed by atoms with Crippen molar-refractivity contribution in [2.24, 2.45) is 0 Å². The van der Waals surface area contributed by atoms with Crippen LogP contribution in [0, 0.1) is 6.07 Å². The fraction of sp³-hybridized carbons (Fsp3) is 0. The average Bonchev–Trinajstić information content (AvgIpc) is 1.64. The van der Waals surface area contributed by atoms with Crippen LogP contribution in [0.1, 0.15) is 0 Å². The second-order valence-corrected chi connectivity index (χ2v) is 1.77. The third-order valence-electron chi connectivity index (χ3n) is 0.545. The fourth-order valence-corrected chi connectivity index (χ4v) is 0.586. The zero-order valence-electron chi connectivity index (χ0n) is 4.31. The molecular formula is C4HCl2N2Y-. The van der Waals surface area contributed by atoms with Crippen LogP contribution in [0.25, 0.3) is 0 Å². The quantitative estimate of drug-likeness (QED) is 0.389. The number of rotatable bonds is 0. The number of hydrogen-bond acceptors (Lipinski definition) is 2. The SMILES string of the molecule is Clc1[c-]cnc(Cl)n1.[Y]. The molecule has 0 fully saturated rings. The molecular weight excluding hydrogens is 236 g/mol. The zero-order valence-corrected chi connectivity index (χ0v) is 8.66. The molecule has 0 aliphatic rings. The zero-order chi connectivity index (χ0) is 5.98. The molecule has 0 aliphatic heterocycles. The Kier molecular flexibility index (Phi) is 4.95. The summed E-state index contributed by atoms with van der Waals surface area (Å²) in [6.45, 7) is 0. The summed E-state index contributed by atoms with van der Waals surface area (Å²) < 4.78 is 0. The van der Waals surface area contributed by atoms with Crippen LogP contribution in [-0.2, 0) is 32.7 Å². The van der Waals surface area contributed by atoms with E-state index < -0.39 is 0 Å². The molecule has 0 saturated carbocycles. The standard InChI is InChI=1S/C4HCl2N2.Y/c5-3-1-2-7-4(6)8-3;/h2H;/q-1;. The summed E-state index contributed by atoms with van der Waals surface area (Å²) in [5.41, 5.74) is 0. The van der Waals surface area contributed by atoms with Gasteiger partial charge in [0.05, 0.1) is 0 Å². The van der Waals surface area contributed by atoms with E-state index in [1.54, 1.807) is 0 Å². The van der Waals surface area contributed by atoms with Crippen molar-refractivity contribution in [3.05, 3.63) is 22.7 Å². The summed E-state index contributed by atoms with van der Waals surface area (Å²) in [6.07, 6.45) is 1.37. The van der Waals surface area contributed by atoms with Gasteiger partial charge in [0.25, 0.3) is 0 Å². The van der Waals surface area contributed by atoms with Gasteiger partial charge in [-0.15, -0.1) is 17.8 Å². The smallest absolute Gasteiger partial charge is 0.218 e. The van der Waals surface area contributed by atoms with Gasteiger partial charge in [0.15, 0.2) is 0 Å². The van der Waals surface area contributed by atoms with E-state index in [4.69, 9.17) is 23.2 Å². The van der Waals surface area contributed by atoms with Crippen LogP contribution in [-0.4, -0.2) is 9.97 Å². The summed E-state index contributed by atoms with van der Waals surface area (Å²) in [5.74, 6) is 0. The van der Waals surface area contributed by atoms with Crippen molar-refractivity contribution in [3.8, 4) is 0 Å². The van der Waals surface area contributed by atoms with Gasteiger partial charge in [-0.2, -0.15) is 0 Å². The maximum atomic E-state index is 5.35. The van der Waals surface area contributed by atoms with Gasteiger partial charge in [-0.1, -0.05) is 0 Å². The molecule has 1 aromatic rings. The number of nitrogens with zero attached hydrogens (tertiary/aromatic N) is 2. The molecule has 1 aromatic heterocycles. The van der Waals surface area contributed by atoms with Crippen molar-refractivity contribution >= 4 is 23.2 Å². The molecule has 0 unspecified atom stereocenters. The van der Waals surface area contributed by atoms with Gasteiger partial charge in [0, 0.05) is 32.7 Å². The first-order valence-electron chi connectivity index (χ1n) is 1.85. The Hall–Kier alpha value is 0.764. The van der Waals surface area contributed by atoms with E-state index in [2.05, 4.69) is 16.0 Å². The summed E-state index contributed by atoms with van der Waals surface area (Å²) in [7, 11) is 0. The van der Waals surface area contributed by atoms with E-state index in [0.717, 1.165) is 0 Å². The topological polar surface area (TPSA) is 25.8 Å². The van der Waals surface area contributed by atoms with Crippen LogP contribution >= 0.6 is 23.2 Å². The van der Waals surface area contributed by atoms with E-state index in [0.29, 0.717) is 0 Å². The van der Waals surface area contributed by atoms with Crippen LogP contribution in [0.2, 0.25) is 10.4 Å². The van der Waals surface area contributed by atoms with Crippen LogP contribution < -0.4 is 0 Å². The van der Waals surface area contributed by atoms with Gasteiger partial charge in [0.2, 0.25) is 5.28 Å². The first-order chi connectivity index (χ1) is 3.79. The van der Waals surface area contributed by atoms with Crippen LogP contribution in [0.15, 0.2) is 6.20 Å². The molecule has 0 aromatic carbocycles. The molecule has 5 heteroatoms. The van der Waals surface area contributed by atoms with Crippen molar-refractivity contribution in [3.63, 3.8) is 0 Å². The average molecular weight is 237 g/mol. The maximum absolute atomic E-state index is 5.35. The largest absolute Gasteiger partial charge is 0.413 e. The molecule has 0 atom stereocenters. The molecule has 0 saturated heterocycles. The van der Waals surface area contributed by atoms with Crippen LogP contribution in [0.3, 0.4) is 0 Å². The minimum atomic E-state index is 0. The van der Waals surface area contributed by atoms with Gasteiger partial charge in [0.1, 0.15) is 0 Å². The molecule has 1 rings (SSSR count). The summed E-state index contributed by atoms with van der Waals surface area (Å²) in [5, 5.41) is 0.388. The Morgan fingerprint density at radius 2 is 2.11 bits per heavy atom. The van der Waals surface area contributed by atoms with E-state index >= 15 is 0 Å². The van der Waals surface area contributed by atoms with E-state index in [1.165, 1.54) is 6.20 Å². The number of hydrogen-bond donors (Lipinski definition) is 0. The maximum Gasteiger partial charge on any atom is 0.218 e. The molecule has 45 valence electrons. The molecule has 1 radical (unpaired) electrons. The monoisotopic (exact) mass is 236 g/mol. The van der Waals surface area contributed by atoms with Gasteiger partial charge in [-0.05, 0) is 16.8 Å². The molecule has 2 nitrogen and oxygen atoms in total. The van der Waals surface area contributed by atoms with Gasteiger partial charge in [-0.25, -0.2) is 4.98 Å². The van der Waals surface area contributed by atoms with Crippen LogP contribution in [0.5, 0.6) is 0 Å². The third kappa shape index (κ3) is 3.46. The van der Waals surface area contributed by atoms with Gasteiger partial charge < -0.3 is 6.07 Å². The van der Waals surface area contributed by atoms with Crippen molar-refractivity contribution in [2.45, 2.75) is 0 Å². The summed E-state index contributed by atoms with van der Waals surface area (Å²) >= 11 is 10.7. The van der Waals surface area contributed by atoms with Crippen molar-refractivity contribution in [1.29, 1.82) is 0 Å². The number of aromatic nitrogens is 2. The second-order valence-electron chi connectivity index (χ2n) is 1.07. The normalized spacial score (nSPS) is 8.22. The third-order valence-corrected chi connectivity index (χ3v) is 0.921. The summed E-state index contributed by atoms with van der Waals surface area (Å²) in [4.78, 5) is 7.09. The summed E-state index contributed by atoms with van der Waals surface area (Å²) in [6, 6.07) is 2.53. The minimum absolute atomic E-state index is 0. The second kappa shape index (κ2) is 4.56. The Labute approximate surface area is 87.9 Å². The number of halogens is 2. The Morgan fingerprint density at radius 3 is 2.44 bits per heavy atom. The van der Waals surface area contributed by atoms with Crippen molar-refractivity contribution in [2.75, 3.05) is 0 Å². The van der Waals surface area contributed by atoms with Crippen LogP contribution in [0.4, 0.5) is 0 Å². The van der Waals surface area contributed by atoms with E-state index in [9.17, 15) is 0 Å². The molecule has 1 heterocycles. The molecule has 0 spiro atoms. The first kappa shape index (κ1) is 9.76. The predicted molar refractivity (Wildman–Crippen MR) is 30.9 cm³/mol. The predicted octanol–water partition coefficient (Wildman–Crippen LogP) is 1.58.